The van der Waals surface area contributed by atoms with Gasteiger partial charge < -0.3 is 5.11 Å². The third kappa shape index (κ3) is 1.43. The highest BCUT2D eigenvalue weighted by atomic mass is 16.3. The summed E-state index contributed by atoms with van der Waals surface area (Å²) < 4.78 is 0. The van der Waals surface area contributed by atoms with E-state index in [1.165, 1.54) is 23.5 Å². The van der Waals surface area contributed by atoms with Crippen LogP contribution in [0.25, 0.3) is 11.4 Å². The molecule has 0 saturated carbocycles. The van der Waals surface area contributed by atoms with Crippen molar-refractivity contribution in [2.45, 2.75) is 32.6 Å². The highest BCUT2D eigenvalue weighted by Gasteiger charge is 2.34. The molecule has 2 atom stereocenters. The predicted molar refractivity (Wildman–Crippen MR) is 69.5 cm³/mol. The Morgan fingerprint density at radius 3 is 2.50 bits per heavy atom. The quantitative estimate of drug-likeness (QED) is 0.831. The standard InChI is InChI=1S/C15H15N2O/c1-8-4-5-12-9(2)10(3)14(12)13(8)15-16-6-11(18)7-17-15/h4,6-7,9-10,18H,1-3H3/t9-,10-/m0/s1. The molecule has 1 aromatic carbocycles. The lowest BCUT2D eigenvalue weighted by molar-refractivity contribution is 0.469. The molecule has 1 aliphatic carbocycles. The summed E-state index contributed by atoms with van der Waals surface area (Å²) in [7, 11) is 0. The van der Waals surface area contributed by atoms with Gasteiger partial charge in [0, 0.05) is 5.56 Å². The summed E-state index contributed by atoms with van der Waals surface area (Å²) in [5.74, 6) is 1.86. The topological polar surface area (TPSA) is 46.0 Å². The van der Waals surface area contributed by atoms with Gasteiger partial charge >= 0.3 is 0 Å². The van der Waals surface area contributed by atoms with Crippen LogP contribution in [0.4, 0.5) is 0 Å². The van der Waals surface area contributed by atoms with Gasteiger partial charge in [-0.25, -0.2) is 9.97 Å². The van der Waals surface area contributed by atoms with E-state index in [0.29, 0.717) is 17.7 Å². The first-order valence-electron chi connectivity index (χ1n) is 6.16. The minimum atomic E-state index is 0.0964. The van der Waals surface area contributed by atoms with Gasteiger partial charge in [0.05, 0.1) is 12.4 Å². The Morgan fingerprint density at radius 1 is 1.17 bits per heavy atom. The molecule has 0 bridgehead atoms. The molecule has 1 aliphatic rings. The summed E-state index contributed by atoms with van der Waals surface area (Å²) in [5.41, 5.74) is 4.83. The molecule has 0 unspecified atom stereocenters. The number of fused-ring (bicyclic) bond motifs is 1. The van der Waals surface area contributed by atoms with Crippen LogP contribution in [0.1, 0.15) is 42.4 Å². The maximum atomic E-state index is 9.27. The van der Waals surface area contributed by atoms with Crippen molar-refractivity contribution in [3.8, 4) is 17.1 Å². The second-order valence-corrected chi connectivity index (χ2v) is 5.02. The molecule has 91 valence electrons. The van der Waals surface area contributed by atoms with Gasteiger partial charge in [-0.2, -0.15) is 0 Å². The van der Waals surface area contributed by atoms with Gasteiger partial charge in [0.1, 0.15) is 0 Å². The van der Waals surface area contributed by atoms with E-state index >= 15 is 0 Å². The van der Waals surface area contributed by atoms with Crippen molar-refractivity contribution in [3.05, 3.63) is 41.2 Å². The lowest BCUT2D eigenvalue weighted by Gasteiger charge is -2.37. The molecular weight excluding hydrogens is 224 g/mol. The Morgan fingerprint density at radius 2 is 1.83 bits per heavy atom. The first kappa shape index (κ1) is 11.2. The van der Waals surface area contributed by atoms with E-state index in [1.54, 1.807) is 0 Å². The van der Waals surface area contributed by atoms with E-state index in [4.69, 9.17) is 0 Å². The van der Waals surface area contributed by atoms with E-state index in [-0.39, 0.29) is 5.75 Å². The Labute approximate surface area is 107 Å². The van der Waals surface area contributed by atoms with Gasteiger partial charge in [0.25, 0.3) is 0 Å². The summed E-state index contributed by atoms with van der Waals surface area (Å²) in [6.45, 7) is 6.50. The highest BCUT2D eigenvalue weighted by Crippen LogP contribution is 2.50. The van der Waals surface area contributed by atoms with E-state index in [2.05, 4.69) is 36.8 Å². The summed E-state index contributed by atoms with van der Waals surface area (Å²) in [5, 5.41) is 9.27. The average molecular weight is 239 g/mol. The third-order valence-corrected chi connectivity index (χ3v) is 3.92. The molecule has 1 radical (unpaired) electrons. The minimum Gasteiger partial charge on any atom is -0.505 e. The van der Waals surface area contributed by atoms with Crippen molar-refractivity contribution in [1.82, 2.24) is 9.97 Å². The molecule has 0 saturated heterocycles. The van der Waals surface area contributed by atoms with Crippen LogP contribution in [0.3, 0.4) is 0 Å². The van der Waals surface area contributed by atoms with Crippen LogP contribution >= 0.6 is 0 Å². The van der Waals surface area contributed by atoms with E-state index in [9.17, 15) is 5.11 Å². The minimum absolute atomic E-state index is 0.0964. The molecule has 3 heteroatoms. The highest BCUT2D eigenvalue weighted by molar-refractivity contribution is 5.71. The zero-order valence-electron chi connectivity index (χ0n) is 10.7. The summed E-state index contributed by atoms with van der Waals surface area (Å²) in [4.78, 5) is 8.46. The average Bonchev–Trinajstić information content (AvgIpc) is 2.39. The number of rotatable bonds is 1. The number of hydrogen-bond donors (Lipinski definition) is 1. The van der Waals surface area contributed by atoms with E-state index in [1.807, 2.05) is 6.07 Å². The summed E-state index contributed by atoms with van der Waals surface area (Å²) >= 11 is 0. The van der Waals surface area contributed by atoms with Crippen molar-refractivity contribution >= 4 is 0 Å². The normalized spacial score (nSPS) is 21.3. The number of benzene rings is 1. The van der Waals surface area contributed by atoms with Gasteiger partial charge in [-0.05, 0) is 41.5 Å². The number of aryl methyl sites for hydroxylation is 1. The second kappa shape index (κ2) is 3.80. The van der Waals surface area contributed by atoms with Gasteiger partial charge in [0.15, 0.2) is 11.6 Å². The van der Waals surface area contributed by atoms with Crippen LogP contribution in [-0.2, 0) is 0 Å². The summed E-state index contributed by atoms with van der Waals surface area (Å²) in [6, 6.07) is 5.36. The Bertz CT molecular complexity index is 605. The number of nitrogens with zero attached hydrogens (tertiary/aromatic N) is 2. The van der Waals surface area contributed by atoms with Crippen LogP contribution in [0.5, 0.6) is 5.75 Å². The van der Waals surface area contributed by atoms with Gasteiger partial charge in [-0.1, -0.05) is 19.9 Å². The van der Waals surface area contributed by atoms with Crippen molar-refractivity contribution in [2.75, 3.05) is 0 Å². The zero-order chi connectivity index (χ0) is 12.9. The van der Waals surface area contributed by atoms with Crippen molar-refractivity contribution in [2.24, 2.45) is 0 Å². The fourth-order valence-electron chi connectivity index (χ4n) is 2.68. The Kier molecular flexibility index (Phi) is 2.37. The number of hydrogen-bond acceptors (Lipinski definition) is 3. The first-order valence-corrected chi connectivity index (χ1v) is 6.16. The van der Waals surface area contributed by atoms with Gasteiger partial charge in [-0.15, -0.1) is 0 Å². The molecule has 1 N–H and O–H groups in total. The number of aromatic hydroxyl groups is 1. The fourth-order valence-corrected chi connectivity index (χ4v) is 2.68. The van der Waals surface area contributed by atoms with Crippen molar-refractivity contribution < 1.29 is 5.11 Å². The van der Waals surface area contributed by atoms with Crippen LogP contribution < -0.4 is 0 Å². The Hall–Kier alpha value is -1.90. The molecule has 2 aromatic rings. The zero-order valence-corrected chi connectivity index (χ0v) is 10.7. The SMILES string of the molecule is Cc1c[c]c2c(c1-c1ncc(O)cn1)[C@@H](C)[C@@H]2C. The first-order chi connectivity index (χ1) is 8.59. The predicted octanol–water partition coefficient (Wildman–Crippen LogP) is 3.18. The molecule has 3 rings (SSSR count). The van der Waals surface area contributed by atoms with Gasteiger partial charge in [-0.3, -0.25) is 0 Å². The fraction of sp³-hybridized carbons (Fsp3) is 0.333. The molecule has 0 spiro atoms. The smallest absolute Gasteiger partial charge is 0.159 e. The molecular formula is C15H15N2O. The third-order valence-electron chi connectivity index (χ3n) is 3.92. The molecule has 0 aliphatic heterocycles. The lowest BCUT2D eigenvalue weighted by Crippen LogP contribution is -2.21. The molecule has 1 aromatic heterocycles. The van der Waals surface area contributed by atoms with E-state index < -0.39 is 0 Å². The van der Waals surface area contributed by atoms with Crippen molar-refractivity contribution in [1.29, 1.82) is 0 Å². The Balaban J connectivity index is 2.21. The largest absolute Gasteiger partial charge is 0.505 e. The molecule has 3 nitrogen and oxygen atoms in total. The monoisotopic (exact) mass is 239 g/mol. The van der Waals surface area contributed by atoms with Crippen LogP contribution in [0, 0.1) is 13.0 Å². The van der Waals surface area contributed by atoms with Crippen LogP contribution in [0.15, 0.2) is 18.5 Å². The van der Waals surface area contributed by atoms with E-state index in [0.717, 1.165) is 11.1 Å². The van der Waals surface area contributed by atoms with Crippen molar-refractivity contribution in [3.63, 3.8) is 0 Å². The van der Waals surface area contributed by atoms with Crippen LogP contribution in [0.2, 0.25) is 0 Å². The second-order valence-electron chi connectivity index (χ2n) is 5.02. The maximum Gasteiger partial charge on any atom is 0.159 e. The lowest BCUT2D eigenvalue weighted by atomic mass is 9.67. The van der Waals surface area contributed by atoms with Crippen LogP contribution in [-0.4, -0.2) is 15.1 Å². The number of aromatic nitrogens is 2. The molecule has 0 amide bonds. The molecule has 18 heavy (non-hydrogen) atoms. The molecule has 1 heterocycles. The summed E-state index contributed by atoms with van der Waals surface area (Å²) in [6.07, 6.45) is 2.88. The maximum absolute atomic E-state index is 9.27. The molecule has 0 fully saturated rings. The van der Waals surface area contributed by atoms with Gasteiger partial charge in [0.2, 0.25) is 0 Å².